The lowest BCUT2D eigenvalue weighted by molar-refractivity contribution is 0.472. The lowest BCUT2D eigenvalue weighted by Gasteiger charge is -2.12. The van der Waals surface area contributed by atoms with Crippen molar-refractivity contribution in [2.24, 2.45) is 10.9 Å². The third-order valence-corrected chi connectivity index (χ3v) is 5.88. The van der Waals surface area contributed by atoms with Crippen LogP contribution in [0.5, 0.6) is 0 Å². The second-order valence-corrected chi connectivity index (χ2v) is 9.79. The first-order valence-corrected chi connectivity index (χ1v) is 12.3. The van der Waals surface area contributed by atoms with Crippen LogP contribution in [0.4, 0.5) is 0 Å². The first-order valence-electron chi connectivity index (χ1n) is 10.2. The van der Waals surface area contributed by atoms with Gasteiger partial charge in [0.25, 0.3) is 0 Å². The van der Waals surface area contributed by atoms with Crippen LogP contribution in [0.25, 0.3) is 0 Å². The first kappa shape index (κ1) is 21.7. The summed E-state index contributed by atoms with van der Waals surface area (Å²) in [6.45, 7) is 4.43. The van der Waals surface area contributed by atoms with E-state index in [-0.39, 0.29) is 5.75 Å². The van der Waals surface area contributed by atoms with E-state index in [1.807, 2.05) is 24.3 Å². The number of nitrogens with one attached hydrogen (secondary N) is 2. The van der Waals surface area contributed by atoms with E-state index in [0.29, 0.717) is 6.54 Å². The summed E-state index contributed by atoms with van der Waals surface area (Å²) in [5.74, 6) is 1.90. The van der Waals surface area contributed by atoms with Gasteiger partial charge >= 0.3 is 0 Å². The Kier molecular flexibility index (Phi) is 9.11. The Morgan fingerprint density at radius 2 is 1.74 bits per heavy atom. The minimum atomic E-state index is -2.99. The Morgan fingerprint density at radius 3 is 2.37 bits per heavy atom. The molecule has 2 N–H and O–H groups in total. The smallest absolute Gasteiger partial charge is 0.191 e. The van der Waals surface area contributed by atoms with E-state index in [0.717, 1.165) is 36.1 Å². The Labute approximate surface area is 165 Å². The fourth-order valence-corrected chi connectivity index (χ4v) is 4.42. The van der Waals surface area contributed by atoms with Crippen LogP contribution in [0.1, 0.15) is 63.0 Å². The fourth-order valence-electron chi connectivity index (χ4n) is 3.62. The van der Waals surface area contributed by atoms with Gasteiger partial charge in [0, 0.05) is 19.3 Å². The van der Waals surface area contributed by atoms with Gasteiger partial charge in [-0.25, -0.2) is 13.4 Å². The number of hydrogen-bond donors (Lipinski definition) is 2. The van der Waals surface area contributed by atoms with Gasteiger partial charge in [0.2, 0.25) is 0 Å². The summed E-state index contributed by atoms with van der Waals surface area (Å²) in [5.41, 5.74) is 1.89. The third-order valence-electron chi connectivity index (χ3n) is 5.02. The second-order valence-electron chi connectivity index (χ2n) is 7.65. The molecule has 0 spiro atoms. The Bertz CT molecular complexity index is 678. The van der Waals surface area contributed by atoms with Crippen molar-refractivity contribution in [3.05, 3.63) is 35.4 Å². The van der Waals surface area contributed by atoms with Gasteiger partial charge in [-0.15, -0.1) is 0 Å². The number of aliphatic imine (C=N–C) groups is 1. The van der Waals surface area contributed by atoms with Crippen molar-refractivity contribution in [3.63, 3.8) is 0 Å². The number of hydrogen-bond acceptors (Lipinski definition) is 3. The van der Waals surface area contributed by atoms with E-state index in [1.165, 1.54) is 51.2 Å². The van der Waals surface area contributed by atoms with Crippen molar-refractivity contribution in [1.29, 1.82) is 0 Å². The highest BCUT2D eigenvalue weighted by atomic mass is 32.2. The largest absolute Gasteiger partial charge is 0.357 e. The molecule has 0 aliphatic heterocycles. The molecule has 0 aromatic heterocycles. The van der Waals surface area contributed by atoms with Gasteiger partial charge in [0.1, 0.15) is 0 Å². The SMILES string of the molecule is CCNC(=NCc1ccc(CS(C)(=O)=O)cc1)NCCCCC1CCCC1. The van der Waals surface area contributed by atoms with E-state index in [4.69, 9.17) is 0 Å². The standard InChI is InChI=1S/C21H35N3O2S/c1-3-22-21(23-15-7-6-10-18-8-4-5-9-18)24-16-19-11-13-20(14-12-19)17-27(2,25)26/h11-14,18H,3-10,15-17H2,1-2H3,(H2,22,23,24). The number of rotatable bonds is 10. The van der Waals surface area contributed by atoms with Crippen molar-refractivity contribution in [2.45, 2.75) is 64.2 Å². The zero-order valence-corrected chi connectivity index (χ0v) is 17.7. The summed E-state index contributed by atoms with van der Waals surface area (Å²) in [5, 5.41) is 6.71. The lowest BCUT2D eigenvalue weighted by Crippen LogP contribution is -2.37. The topological polar surface area (TPSA) is 70.6 Å². The van der Waals surface area contributed by atoms with E-state index >= 15 is 0 Å². The molecule has 0 bridgehead atoms. The van der Waals surface area contributed by atoms with Gasteiger partial charge in [0.15, 0.2) is 15.8 Å². The average molecular weight is 394 g/mol. The molecule has 0 amide bonds. The summed E-state index contributed by atoms with van der Waals surface area (Å²) >= 11 is 0. The van der Waals surface area contributed by atoms with Crippen LogP contribution in [0, 0.1) is 5.92 Å². The monoisotopic (exact) mass is 393 g/mol. The zero-order chi connectivity index (χ0) is 19.5. The Balaban J connectivity index is 1.74. The highest BCUT2D eigenvalue weighted by Crippen LogP contribution is 2.28. The predicted molar refractivity (Wildman–Crippen MR) is 114 cm³/mol. The van der Waals surface area contributed by atoms with Crippen LogP contribution in [-0.2, 0) is 22.1 Å². The Morgan fingerprint density at radius 1 is 1.07 bits per heavy atom. The molecule has 0 saturated heterocycles. The molecule has 1 saturated carbocycles. The van der Waals surface area contributed by atoms with Crippen molar-refractivity contribution in [3.8, 4) is 0 Å². The van der Waals surface area contributed by atoms with Crippen LogP contribution >= 0.6 is 0 Å². The summed E-state index contributed by atoms with van der Waals surface area (Å²) in [7, 11) is -2.99. The average Bonchev–Trinajstić information content (AvgIpc) is 3.12. The van der Waals surface area contributed by atoms with Crippen molar-refractivity contribution < 1.29 is 8.42 Å². The zero-order valence-electron chi connectivity index (χ0n) is 16.8. The number of guanidine groups is 1. The lowest BCUT2D eigenvalue weighted by atomic mass is 10.0. The third kappa shape index (κ3) is 9.27. The van der Waals surface area contributed by atoms with Gasteiger partial charge in [-0.1, -0.05) is 62.8 Å². The predicted octanol–water partition coefficient (Wildman–Crippen LogP) is 3.65. The van der Waals surface area contributed by atoms with Crippen LogP contribution in [0.3, 0.4) is 0 Å². The van der Waals surface area contributed by atoms with Gasteiger partial charge in [-0.2, -0.15) is 0 Å². The fraction of sp³-hybridized carbons (Fsp3) is 0.667. The normalized spacial score (nSPS) is 15.9. The first-order chi connectivity index (χ1) is 13.0. The van der Waals surface area contributed by atoms with Crippen LogP contribution in [0.15, 0.2) is 29.3 Å². The highest BCUT2D eigenvalue weighted by molar-refractivity contribution is 7.89. The molecular weight excluding hydrogens is 358 g/mol. The Hall–Kier alpha value is -1.56. The molecule has 5 nitrogen and oxygen atoms in total. The molecule has 1 aliphatic rings. The number of sulfone groups is 1. The summed E-state index contributed by atoms with van der Waals surface area (Å²) in [6.07, 6.45) is 10.8. The molecule has 1 fully saturated rings. The minimum absolute atomic E-state index is 0.0849. The van der Waals surface area contributed by atoms with Crippen molar-refractivity contribution >= 4 is 15.8 Å². The van der Waals surface area contributed by atoms with Crippen molar-refractivity contribution in [1.82, 2.24) is 10.6 Å². The van der Waals surface area contributed by atoms with Crippen molar-refractivity contribution in [2.75, 3.05) is 19.3 Å². The maximum atomic E-state index is 11.4. The van der Waals surface area contributed by atoms with E-state index < -0.39 is 9.84 Å². The molecule has 27 heavy (non-hydrogen) atoms. The maximum Gasteiger partial charge on any atom is 0.191 e. The maximum absolute atomic E-state index is 11.4. The number of nitrogens with zero attached hydrogens (tertiary/aromatic N) is 1. The second kappa shape index (κ2) is 11.3. The van der Waals surface area contributed by atoms with Crippen LogP contribution in [0.2, 0.25) is 0 Å². The molecule has 1 aromatic carbocycles. The van der Waals surface area contributed by atoms with Gasteiger partial charge in [0.05, 0.1) is 12.3 Å². The van der Waals surface area contributed by atoms with Crippen LogP contribution < -0.4 is 10.6 Å². The molecule has 0 heterocycles. The molecular formula is C21H35N3O2S. The van der Waals surface area contributed by atoms with E-state index in [1.54, 1.807) is 0 Å². The number of unbranched alkanes of at least 4 members (excludes halogenated alkanes) is 1. The molecule has 0 unspecified atom stereocenters. The molecule has 152 valence electrons. The minimum Gasteiger partial charge on any atom is -0.357 e. The molecule has 1 aromatic rings. The van der Waals surface area contributed by atoms with Gasteiger partial charge in [-0.05, 0) is 30.4 Å². The van der Waals surface area contributed by atoms with E-state index in [9.17, 15) is 8.42 Å². The van der Waals surface area contributed by atoms with Gasteiger partial charge < -0.3 is 10.6 Å². The van der Waals surface area contributed by atoms with Gasteiger partial charge in [-0.3, -0.25) is 0 Å². The van der Waals surface area contributed by atoms with E-state index in [2.05, 4.69) is 22.5 Å². The molecule has 1 aliphatic carbocycles. The molecule has 0 atom stereocenters. The van der Waals surface area contributed by atoms with Crippen LogP contribution in [-0.4, -0.2) is 33.7 Å². The summed E-state index contributed by atoms with van der Waals surface area (Å²) in [6, 6.07) is 7.65. The molecule has 2 rings (SSSR count). The quantitative estimate of drug-likeness (QED) is 0.362. The molecule has 0 radical (unpaired) electrons. The summed E-state index contributed by atoms with van der Waals surface area (Å²) in [4.78, 5) is 4.64. The molecule has 6 heteroatoms. The summed E-state index contributed by atoms with van der Waals surface area (Å²) < 4.78 is 22.7. The number of benzene rings is 1. The highest BCUT2D eigenvalue weighted by Gasteiger charge is 2.13.